The molecule has 2 aromatic rings. The molecular weight excluding hydrogens is 258 g/mol. The van der Waals surface area contributed by atoms with Crippen molar-refractivity contribution in [2.24, 2.45) is 0 Å². The van der Waals surface area contributed by atoms with Gasteiger partial charge in [0.1, 0.15) is 0 Å². The average molecular weight is 279 g/mol. The van der Waals surface area contributed by atoms with Crippen LogP contribution in [0.5, 0.6) is 0 Å². The highest BCUT2D eigenvalue weighted by atomic mass is 16.2. The fourth-order valence-electron chi connectivity index (χ4n) is 2.73. The fraction of sp³-hybridized carbons (Fsp3) is 0.316. The van der Waals surface area contributed by atoms with Crippen molar-refractivity contribution in [1.29, 1.82) is 0 Å². The summed E-state index contributed by atoms with van der Waals surface area (Å²) in [7, 11) is 0. The van der Waals surface area contributed by atoms with E-state index in [2.05, 4.69) is 43.4 Å². The van der Waals surface area contributed by atoms with Crippen molar-refractivity contribution in [3.05, 3.63) is 65.7 Å². The summed E-state index contributed by atoms with van der Waals surface area (Å²) >= 11 is 0. The summed E-state index contributed by atoms with van der Waals surface area (Å²) in [6.07, 6.45) is 1.87. The van der Waals surface area contributed by atoms with E-state index in [0.717, 1.165) is 24.1 Å². The van der Waals surface area contributed by atoms with E-state index in [9.17, 15) is 4.79 Å². The molecule has 1 amide bonds. The number of nitrogens with one attached hydrogen (secondary N) is 1. The largest absolute Gasteiger partial charge is 0.325 e. The van der Waals surface area contributed by atoms with Crippen LogP contribution in [0.1, 0.15) is 43.7 Å². The van der Waals surface area contributed by atoms with Gasteiger partial charge in [0.25, 0.3) is 0 Å². The number of amides is 1. The number of carbonyl (C=O) groups excluding carboxylic acids is 1. The molecule has 2 nitrogen and oxygen atoms in total. The van der Waals surface area contributed by atoms with Crippen LogP contribution < -0.4 is 5.32 Å². The van der Waals surface area contributed by atoms with E-state index in [1.807, 2.05) is 30.3 Å². The normalized spacial score (nSPS) is 15.8. The molecule has 1 saturated carbocycles. The molecule has 0 radical (unpaired) electrons. The minimum Gasteiger partial charge on any atom is -0.325 e. The maximum atomic E-state index is 12.6. The number of rotatable bonds is 4. The average Bonchev–Trinajstić information content (AvgIpc) is 3.30. The van der Waals surface area contributed by atoms with Gasteiger partial charge < -0.3 is 5.32 Å². The predicted octanol–water partition coefficient (Wildman–Crippen LogP) is 4.48. The van der Waals surface area contributed by atoms with E-state index >= 15 is 0 Å². The van der Waals surface area contributed by atoms with Crippen molar-refractivity contribution in [3.8, 4) is 0 Å². The predicted molar refractivity (Wildman–Crippen MR) is 86.5 cm³/mol. The van der Waals surface area contributed by atoms with Gasteiger partial charge in [0, 0.05) is 5.69 Å². The summed E-state index contributed by atoms with van der Waals surface area (Å²) in [5, 5.41) is 3.07. The molecule has 0 saturated heterocycles. The Balaban J connectivity index is 1.75. The van der Waals surface area contributed by atoms with Crippen LogP contribution in [0.25, 0.3) is 0 Å². The summed E-state index contributed by atoms with van der Waals surface area (Å²) in [6, 6.07) is 18.2. The highest BCUT2D eigenvalue weighted by Gasteiger charge is 2.51. The number of hydrogen-bond acceptors (Lipinski definition) is 1. The monoisotopic (exact) mass is 279 g/mol. The second-order valence-corrected chi connectivity index (χ2v) is 6.18. The van der Waals surface area contributed by atoms with Gasteiger partial charge in [-0.3, -0.25) is 4.79 Å². The molecule has 1 aliphatic rings. The van der Waals surface area contributed by atoms with Crippen molar-refractivity contribution >= 4 is 11.6 Å². The van der Waals surface area contributed by atoms with E-state index < -0.39 is 0 Å². The Bertz CT molecular complexity index is 624. The van der Waals surface area contributed by atoms with Gasteiger partial charge in [-0.25, -0.2) is 0 Å². The van der Waals surface area contributed by atoms with Gasteiger partial charge in [0.2, 0.25) is 5.91 Å². The Labute approximate surface area is 126 Å². The Hall–Kier alpha value is -2.09. The molecule has 0 aromatic heterocycles. The maximum absolute atomic E-state index is 12.6. The number of benzene rings is 2. The van der Waals surface area contributed by atoms with Crippen molar-refractivity contribution in [1.82, 2.24) is 0 Å². The minimum atomic E-state index is -0.308. The van der Waals surface area contributed by atoms with E-state index in [-0.39, 0.29) is 11.3 Å². The zero-order valence-electron chi connectivity index (χ0n) is 12.6. The van der Waals surface area contributed by atoms with Crippen LogP contribution in [-0.4, -0.2) is 5.91 Å². The molecule has 2 aromatic carbocycles. The van der Waals surface area contributed by atoms with Gasteiger partial charge in [0.15, 0.2) is 0 Å². The highest BCUT2D eigenvalue weighted by Crippen LogP contribution is 2.48. The van der Waals surface area contributed by atoms with Crippen LogP contribution in [0.3, 0.4) is 0 Å². The van der Waals surface area contributed by atoms with E-state index in [0.29, 0.717) is 5.92 Å². The number of carbonyl (C=O) groups is 1. The molecule has 0 aliphatic heterocycles. The third-order valence-corrected chi connectivity index (χ3v) is 4.35. The van der Waals surface area contributed by atoms with Crippen LogP contribution in [0.4, 0.5) is 5.69 Å². The summed E-state index contributed by atoms with van der Waals surface area (Å²) in [5.41, 5.74) is 2.99. The summed E-state index contributed by atoms with van der Waals surface area (Å²) < 4.78 is 0. The zero-order chi connectivity index (χ0) is 14.9. The van der Waals surface area contributed by atoms with Gasteiger partial charge in [-0.1, -0.05) is 56.3 Å². The molecule has 1 fully saturated rings. The molecule has 0 unspecified atom stereocenters. The molecule has 2 heteroatoms. The Morgan fingerprint density at radius 1 is 1.00 bits per heavy atom. The highest BCUT2D eigenvalue weighted by molar-refractivity contribution is 6.01. The second-order valence-electron chi connectivity index (χ2n) is 6.18. The topological polar surface area (TPSA) is 29.1 Å². The molecule has 0 bridgehead atoms. The van der Waals surface area contributed by atoms with Crippen molar-refractivity contribution in [2.75, 3.05) is 5.32 Å². The molecule has 21 heavy (non-hydrogen) atoms. The van der Waals surface area contributed by atoms with Crippen LogP contribution in [0.15, 0.2) is 54.6 Å². The van der Waals surface area contributed by atoms with E-state index in [4.69, 9.17) is 0 Å². The molecule has 0 atom stereocenters. The summed E-state index contributed by atoms with van der Waals surface area (Å²) in [4.78, 5) is 12.6. The fourth-order valence-corrected chi connectivity index (χ4v) is 2.73. The Morgan fingerprint density at radius 2 is 1.62 bits per heavy atom. The zero-order valence-corrected chi connectivity index (χ0v) is 12.6. The first-order valence-electron chi connectivity index (χ1n) is 7.59. The first-order chi connectivity index (χ1) is 10.1. The van der Waals surface area contributed by atoms with Gasteiger partial charge >= 0.3 is 0 Å². The Kier molecular flexibility index (Phi) is 3.54. The molecule has 108 valence electrons. The molecule has 0 heterocycles. The molecule has 0 spiro atoms. The van der Waals surface area contributed by atoms with Crippen molar-refractivity contribution in [2.45, 2.75) is 38.0 Å². The first kappa shape index (κ1) is 13.9. The standard InChI is InChI=1S/C19H21NO/c1-14(2)15-8-10-17(11-9-15)20-18(21)19(12-13-19)16-6-4-3-5-7-16/h3-11,14H,12-13H2,1-2H3,(H,20,21). The van der Waals surface area contributed by atoms with Crippen LogP contribution in [-0.2, 0) is 10.2 Å². The lowest BCUT2D eigenvalue weighted by Gasteiger charge is -2.16. The third kappa shape index (κ3) is 2.71. The van der Waals surface area contributed by atoms with Gasteiger partial charge in [0.05, 0.1) is 5.41 Å². The van der Waals surface area contributed by atoms with Crippen LogP contribution >= 0.6 is 0 Å². The van der Waals surface area contributed by atoms with Gasteiger partial charge in [-0.2, -0.15) is 0 Å². The summed E-state index contributed by atoms with van der Waals surface area (Å²) in [6.45, 7) is 4.34. The smallest absolute Gasteiger partial charge is 0.235 e. The first-order valence-corrected chi connectivity index (χ1v) is 7.59. The third-order valence-electron chi connectivity index (χ3n) is 4.35. The van der Waals surface area contributed by atoms with E-state index in [1.165, 1.54) is 5.56 Å². The number of anilines is 1. The quantitative estimate of drug-likeness (QED) is 0.878. The maximum Gasteiger partial charge on any atom is 0.235 e. The van der Waals surface area contributed by atoms with Crippen LogP contribution in [0.2, 0.25) is 0 Å². The van der Waals surface area contributed by atoms with Gasteiger partial charge in [-0.15, -0.1) is 0 Å². The lowest BCUT2D eigenvalue weighted by atomic mass is 9.95. The molecule has 1 N–H and O–H groups in total. The lowest BCUT2D eigenvalue weighted by Crippen LogP contribution is -2.27. The Morgan fingerprint density at radius 3 is 2.14 bits per heavy atom. The second kappa shape index (κ2) is 5.36. The van der Waals surface area contributed by atoms with E-state index in [1.54, 1.807) is 0 Å². The SMILES string of the molecule is CC(C)c1ccc(NC(=O)C2(c3ccccc3)CC2)cc1. The number of hydrogen-bond donors (Lipinski definition) is 1. The lowest BCUT2D eigenvalue weighted by molar-refractivity contribution is -0.118. The molecular formula is C19H21NO. The van der Waals surface area contributed by atoms with Gasteiger partial charge in [-0.05, 0) is 42.0 Å². The molecule has 3 rings (SSSR count). The van der Waals surface area contributed by atoms with Crippen LogP contribution in [0, 0.1) is 0 Å². The van der Waals surface area contributed by atoms with Crippen molar-refractivity contribution in [3.63, 3.8) is 0 Å². The summed E-state index contributed by atoms with van der Waals surface area (Å²) in [5.74, 6) is 0.625. The minimum absolute atomic E-state index is 0.117. The van der Waals surface area contributed by atoms with Crippen molar-refractivity contribution < 1.29 is 4.79 Å². The molecule has 1 aliphatic carbocycles.